The number of para-hydroxylation sites is 1. The maximum absolute atomic E-state index is 4.20. The minimum Gasteiger partial charge on any atom is -0.288 e. The van der Waals surface area contributed by atoms with Crippen molar-refractivity contribution < 1.29 is 0 Å². The van der Waals surface area contributed by atoms with Gasteiger partial charge in [-0.15, -0.1) is 0 Å². The summed E-state index contributed by atoms with van der Waals surface area (Å²) >= 11 is 3.29. The molecule has 0 amide bonds. The van der Waals surface area contributed by atoms with Crippen molar-refractivity contribution in [2.24, 2.45) is 4.99 Å². The van der Waals surface area contributed by atoms with Crippen molar-refractivity contribution in [2.45, 2.75) is 0 Å². The van der Waals surface area contributed by atoms with Gasteiger partial charge in [0.15, 0.2) is 6.67 Å². The Morgan fingerprint density at radius 3 is 3.00 bits per heavy atom. The highest BCUT2D eigenvalue weighted by Gasteiger charge is 1.98. The number of rotatable bonds is 0. The molecule has 0 saturated carbocycles. The second kappa shape index (κ2) is 2.66. The first-order valence-corrected chi connectivity index (χ1v) is 3.99. The lowest BCUT2D eigenvalue weighted by molar-refractivity contribution is 0.789. The lowest BCUT2D eigenvalue weighted by Crippen LogP contribution is -2.29. The number of nitrogens with zero attached hydrogens (tertiary/aromatic N) is 2. The summed E-state index contributed by atoms with van der Waals surface area (Å²) in [5, 5.41) is 2.15. The minimum atomic E-state index is 1.02. The maximum Gasteiger partial charge on any atom is 0.172 e. The van der Waals surface area contributed by atoms with E-state index in [-0.39, 0.29) is 0 Å². The molecule has 1 aliphatic heterocycles. The van der Waals surface area contributed by atoms with E-state index in [0.717, 1.165) is 10.6 Å². The first kappa shape index (κ1) is 6.85. The number of hydrogen-bond donors (Lipinski definition) is 0. The Hall–Kier alpha value is -0.830. The van der Waals surface area contributed by atoms with Gasteiger partial charge in [0.05, 0.1) is 21.5 Å². The summed E-state index contributed by atoms with van der Waals surface area (Å²) in [4.78, 5) is 4.20. The molecule has 2 rings (SSSR count). The summed E-state index contributed by atoms with van der Waals surface area (Å²) < 4.78 is 1.76. The van der Waals surface area contributed by atoms with Gasteiger partial charge in [0.25, 0.3) is 0 Å². The lowest BCUT2D eigenvalue weighted by atomic mass is 10.3. The van der Waals surface area contributed by atoms with Crippen LogP contribution in [0.2, 0.25) is 0 Å². The highest BCUT2D eigenvalue weighted by Crippen LogP contribution is 2.03. The molecule has 0 saturated heterocycles. The zero-order chi connectivity index (χ0) is 7.68. The van der Waals surface area contributed by atoms with E-state index < -0.39 is 0 Å². The van der Waals surface area contributed by atoms with Crippen LogP contribution in [0, 0.1) is 6.67 Å². The Kier molecular flexibility index (Phi) is 1.66. The van der Waals surface area contributed by atoms with Crippen LogP contribution in [0.4, 0.5) is 0 Å². The van der Waals surface area contributed by atoms with E-state index in [1.54, 1.807) is 10.6 Å². The molecule has 0 aliphatic carbocycles. The van der Waals surface area contributed by atoms with Gasteiger partial charge >= 0.3 is 0 Å². The van der Waals surface area contributed by atoms with Gasteiger partial charge in [-0.25, -0.2) is 0 Å². The van der Waals surface area contributed by atoms with Gasteiger partial charge in [-0.05, 0) is 6.07 Å². The quantitative estimate of drug-likeness (QED) is 0.578. The summed E-state index contributed by atoms with van der Waals surface area (Å²) in [6.45, 7) is 1.72. The normalized spacial score (nSPS) is 14.8. The molecule has 1 aromatic carbocycles. The fourth-order valence-electron chi connectivity index (χ4n) is 0.998. The van der Waals surface area contributed by atoms with Crippen LogP contribution in [0.25, 0.3) is 6.20 Å². The zero-order valence-corrected chi connectivity index (χ0v) is 7.32. The van der Waals surface area contributed by atoms with E-state index >= 15 is 0 Å². The smallest absolute Gasteiger partial charge is 0.172 e. The van der Waals surface area contributed by atoms with Crippen molar-refractivity contribution in [1.82, 2.24) is 3.93 Å². The SMILES string of the molecule is BrN1[CH]N=c2ccccc2=C1. The molecule has 2 nitrogen and oxygen atoms in total. The van der Waals surface area contributed by atoms with Crippen LogP contribution >= 0.6 is 16.1 Å². The third-order valence-electron chi connectivity index (χ3n) is 1.51. The highest BCUT2D eigenvalue weighted by molar-refractivity contribution is 9.07. The number of benzene rings is 1. The Bertz CT molecular complexity index is 372. The number of fused-ring (bicyclic) bond motifs is 1. The first-order chi connectivity index (χ1) is 5.36. The van der Waals surface area contributed by atoms with Crippen LogP contribution in [0.15, 0.2) is 29.3 Å². The molecule has 55 valence electrons. The summed E-state index contributed by atoms with van der Waals surface area (Å²) in [6.07, 6.45) is 1.97. The average Bonchev–Trinajstić information content (AvgIpc) is 2.04. The standard InChI is InChI=1S/C8H6BrN2/c9-11-5-7-3-1-2-4-8(7)10-6-11/h1-6H. The van der Waals surface area contributed by atoms with Crippen LogP contribution < -0.4 is 10.6 Å². The van der Waals surface area contributed by atoms with E-state index in [2.05, 4.69) is 21.1 Å². The van der Waals surface area contributed by atoms with Crippen LogP contribution in [0.5, 0.6) is 0 Å². The second-order valence-corrected chi connectivity index (χ2v) is 3.10. The van der Waals surface area contributed by atoms with Crippen molar-refractivity contribution in [3.05, 3.63) is 41.5 Å². The van der Waals surface area contributed by atoms with Crippen LogP contribution in [-0.4, -0.2) is 3.93 Å². The molecule has 1 radical (unpaired) electrons. The lowest BCUT2D eigenvalue weighted by Gasteiger charge is -2.09. The third-order valence-corrected chi connectivity index (χ3v) is 1.89. The van der Waals surface area contributed by atoms with Gasteiger partial charge in [-0.2, -0.15) is 0 Å². The molecule has 0 fully saturated rings. The third kappa shape index (κ3) is 1.28. The molecule has 0 aromatic heterocycles. The van der Waals surface area contributed by atoms with Crippen LogP contribution in [0.1, 0.15) is 0 Å². The first-order valence-electron chi connectivity index (χ1n) is 3.28. The van der Waals surface area contributed by atoms with Crippen molar-refractivity contribution >= 4 is 22.3 Å². The highest BCUT2D eigenvalue weighted by atomic mass is 79.9. The fourth-order valence-corrected chi connectivity index (χ4v) is 1.31. The summed E-state index contributed by atoms with van der Waals surface area (Å²) in [5.41, 5.74) is 0. The predicted octanol–water partition coefficient (Wildman–Crippen LogP) is 0.789. The van der Waals surface area contributed by atoms with Gasteiger partial charge in [0, 0.05) is 11.4 Å². The van der Waals surface area contributed by atoms with Crippen LogP contribution in [-0.2, 0) is 0 Å². The second-order valence-electron chi connectivity index (χ2n) is 2.28. The summed E-state index contributed by atoms with van der Waals surface area (Å²) in [5.74, 6) is 0. The summed E-state index contributed by atoms with van der Waals surface area (Å²) in [7, 11) is 0. The Balaban J connectivity index is 2.73. The molecular weight excluding hydrogens is 204 g/mol. The predicted molar refractivity (Wildman–Crippen MR) is 46.8 cm³/mol. The van der Waals surface area contributed by atoms with Gasteiger partial charge in [-0.1, -0.05) is 18.2 Å². The molecule has 0 bridgehead atoms. The molecule has 1 aromatic rings. The van der Waals surface area contributed by atoms with Gasteiger partial charge in [0.2, 0.25) is 0 Å². The molecule has 11 heavy (non-hydrogen) atoms. The van der Waals surface area contributed by atoms with E-state index in [0.29, 0.717) is 0 Å². The van der Waals surface area contributed by atoms with Gasteiger partial charge < -0.3 is 0 Å². The van der Waals surface area contributed by atoms with Crippen molar-refractivity contribution in [2.75, 3.05) is 0 Å². The number of halogens is 1. The molecule has 1 aliphatic rings. The van der Waals surface area contributed by atoms with Crippen LogP contribution in [0.3, 0.4) is 0 Å². The van der Waals surface area contributed by atoms with Gasteiger partial charge in [0.1, 0.15) is 0 Å². The average molecular weight is 210 g/mol. The van der Waals surface area contributed by atoms with E-state index in [9.17, 15) is 0 Å². The minimum absolute atomic E-state index is 1.02. The zero-order valence-electron chi connectivity index (χ0n) is 5.74. The van der Waals surface area contributed by atoms with Crippen molar-refractivity contribution in [1.29, 1.82) is 0 Å². The van der Waals surface area contributed by atoms with Gasteiger partial charge in [-0.3, -0.25) is 8.92 Å². The van der Waals surface area contributed by atoms with E-state index in [4.69, 9.17) is 0 Å². The fraction of sp³-hybridized carbons (Fsp3) is 0. The Labute approximate surface area is 73.2 Å². The topological polar surface area (TPSA) is 15.6 Å². The molecule has 0 N–H and O–H groups in total. The largest absolute Gasteiger partial charge is 0.288 e. The monoisotopic (exact) mass is 209 g/mol. The maximum atomic E-state index is 4.20. The van der Waals surface area contributed by atoms with Crippen molar-refractivity contribution in [3.63, 3.8) is 0 Å². The molecule has 0 unspecified atom stereocenters. The van der Waals surface area contributed by atoms with Crippen molar-refractivity contribution in [3.8, 4) is 0 Å². The Morgan fingerprint density at radius 2 is 2.09 bits per heavy atom. The molecule has 0 spiro atoms. The molecule has 0 atom stereocenters. The van der Waals surface area contributed by atoms with E-state index in [1.165, 1.54) is 0 Å². The molecule has 1 heterocycles. The summed E-state index contributed by atoms with van der Waals surface area (Å²) in [6, 6.07) is 7.99. The molecule has 3 heteroatoms. The number of hydrogen-bond acceptors (Lipinski definition) is 2. The van der Waals surface area contributed by atoms with E-state index in [1.807, 2.05) is 30.5 Å². The molecular formula is C8H6BrN2. The Morgan fingerprint density at radius 1 is 1.27 bits per heavy atom.